The first-order chi connectivity index (χ1) is 12.5. The monoisotopic (exact) mass is 356 g/mol. The molecule has 1 aromatic carbocycles. The average molecular weight is 356 g/mol. The van der Waals surface area contributed by atoms with Gasteiger partial charge in [-0.25, -0.2) is 10.2 Å². The van der Waals surface area contributed by atoms with Crippen LogP contribution in [0.3, 0.4) is 0 Å². The van der Waals surface area contributed by atoms with E-state index in [1.807, 2.05) is 19.1 Å². The van der Waals surface area contributed by atoms with Crippen molar-refractivity contribution in [3.05, 3.63) is 59.5 Å². The van der Waals surface area contributed by atoms with Gasteiger partial charge in [0.05, 0.1) is 6.26 Å². The zero-order valence-corrected chi connectivity index (χ0v) is 14.4. The van der Waals surface area contributed by atoms with Gasteiger partial charge in [-0.15, -0.1) is 0 Å². The molecule has 136 valence electrons. The van der Waals surface area contributed by atoms with Crippen molar-refractivity contribution in [2.75, 3.05) is 26.2 Å². The summed E-state index contributed by atoms with van der Waals surface area (Å²) in [5, 5.41) is 0. The molecule has 1 aromatic heterocycles. The lowest BCUT2D eigenvalue weighted by Gasteiger charge is -2.34. The number of hydrogen-bond donors (Lipinski definition) is 2. The lowest BCUT2D eigenvalue weighted by Crippen LogP contribution is -2.56. The van der Waals surface area contributed by atoms with Crippen LogP contribution in [0.4, 0.5) is 4.79 Å². The van der Waals surface area contributed by atoms with Crippen LogP contribution in [-0.2, 0) is 0 Å². The highest BCUT2D eigenvalue weighted by molar-refractivity contribution is 5.95. The summed E-state index contributed by atoms with van der Waals surface area (Å²) in [4.78, 5) is 39.5. The smallest absolute Gasteiger partial charge is 0.336 e. The lowest BCUT2D eigenvalue weighted by atomic mass is 10.1. The van der Waals surface area contributed by atoms with E-state index in [-0.39, 0.29) is 17.6 Å². The Morgan fingerprint density at radius 1 is 0.923 bits per heavy atom. The number of furan rings is 1. The van der Waals surface area contributed by atoms with Gasteiger partial charge in [0.25, 0.3) is 11.8 Å². The van der Waals surface area contributed by atoms with Crippen LogP contribution in [0, 0.1) is 6.92 Å². The largest absolute Gasteiger partial charge is 0.459 e. The van der Waals surface area contributed by atoms with Gasteiger partial charge in [-0.3, -0.25) is 15.0 Å². The molecule has 0 aliphatic carbocycles. The van der Waals surface area contributed by atoms with Gasteiger partial charge >= 0.3 is 6.03 Å². The Bertz CT molecular complexity index is 778. The second kappa shape index (κ2) is 7.73. The number of nitrogens with one attached hydrogen (secondary N) is 2. The number of nitrogens with zero attached hydrogens (tertiary/aromatic N) is 2. The second-order valence-corrected chi connectivity index (χ2v) is 6.01. The zero-order valence-electron chi connectivity index (χ0n) is 14.4. The molecule has 4 amide bonds. The Hall–Kier alpha value is -3.29. The molecule has 0 unspecified atom stereocenters. The Balaban J connectivity index is 1.45. The Kier molecular flexibility index (Phi) is 5.21. The van der Waals surface area contributed by atoms with Crippen molar-refractivity contribution < 1.29 is 18.8 Å². The van der Waals surface area contributed by atoms with E-state index in [2.05, 4.69) is 10.9 Å². The van der Waals surface area contributed by atoms with Crippen molar-refractivity contribution >= 4 is 17.8 Å². The number of carbonyl (C=O) groups excluding carboxylic acids is 3. The van der Waals surface area contributed by atoms with Crippen molar-refractivity contribution in [3.8, 4) is 0 Å². The van der Waals surface area contributed by atoms with E-state index >= 15 is 0 Å². The van der Waals surface area contributed by atoms with Gasteiger partial charge in [0.1, 0.15) is 0 Å². The van der Waals surface area contributed by atoms with Crippen LogP contribution in [0.1, 0.15) is 26.5 Å². The molecule has 2 aromatic rings. The highest BCUT2D eigenvalue weighted by atomic mass is 16.3. The van der Waals surface area contributed by atoms with Gasteiger partial charge in [0, 0.05) is 31.7 Å². The molecule has 2 heterocycles. The fourth-order valence-electron chi connectivity index (χ4n) is 2.64. The molecule has 0 bridgehead atoms. The predicted octanol–water partition coefficient (Wildman–Crippen LogP) is 1.40. The highest BCUT2D eigenvalue weighted by Crippen LogP contribution is 2.09. The number of hydrogen-bond acceptors (Lipinski definition) is 4. The van der Waals surface area contributed by atoms with Crippen LogP contribution >= 0.6 is 0 Å². The molecule has 1 saturated heterocycles. The summed E-state index contributed by atoms with van der Waals surface area (Å²) in [6, 6.07) is 9.90. The molecule has 3 rings (SSSR count). The number of piperazine rings is 1. The number of hydrazine groups is 1. The third-order valence-corrected chi connectivity index (χ3v) is 4.18. The minimum absolute atomic E-state index is 0.192. The first kappa shape index (κ1) is 17.5. The first-order valence-corrected chi connectivity index (χ1v) is 8.29. The number of carbonyl (C=O) groups is 3. The lowest BCUT2D eigenvalue weighted by molar-refractivity contribution is 0.0631. The summed E-state index contributed by atoms with van der Waals surface area (Å²) >= 11 is 0. The summed E-state index contributed by atoms with van der Waals surface area (Å²) in [7, 11) is 0. The van der Waals surface area contributed by atoms with E-state index in [9.17, 15) is 14.4 Å². The quantitative estimate of drug-likeness (QED) is 0.795. The summed E-state index contributed by atoms with van der Waals surface area (Å²) in [5.41, 5.74) is 6.31. The van der Waals surface area contributed by atoms with Crippen LogP contribution in [0.2, 0.25) is 0 Å². The van der Waals surface area contributed by atoms with E-state index in [1.54, 1.807) is 34.1 Å². The number of urea groups is 1. The molecule has 26 heavy (non-hydrogen) atoms. The van der Waals surface area contributed by atoms with Gasteiger partial charge in [-0.1, -0.05) is 17.7 Å². The van der Waals surface area contributed by atoms with E-state index in [0.29, 0.717) is 31.7 Å². The first-order valence-electron chi connectivity index (χ1n) is 8.29. The van der Waals surface area contributed by atoms with E-state index in [0.717, 1.165) is 5.56 Å². The van der Waals surface area contributed by atoms with Crippen LogP contribution in [0.5, 0.6) is 0 Å². The van der Waals surface area contributed by atoms with Crippen LogP contribution in [0.15, 0.2) is 47.1 Å². The number of amides is 4. The molecule has 0 radical (unpaired) electrons. The van der Waals surface area contributed by atoms with Gasteiger partial charge in [-0.05, 0) is 31.2 Å². The van der Waals surface area contributed by atoms with Gasteiger partial charge in [0.15, 0.2) is 5.76 Å². The molecule has 1 fully saturated rings. The average Bonchev–Trinajstić information content (AvgIpc) is 3.20. The second-order valence-electron chi connectivity index (χ2n) is 6.01. The minimum Gasteiger partial charge on any atom is -0.459 e. The van der Waals surface area contributed by atoms with E-state index < -0.39 is 6.03 Å². The Morgan fingerprint density at radius 2 is 1.58 bits per heavy atom. The SMILES string of the molecule is Cc1ccc(C(=O)NNC(=O)N2CCN(C(=O)c3ccco3)CC2)cc1. The maximum Gasteiger partial charge on any atom is 0.336 e. The predicted molar refractivity (Wildman–Crippen MR) is 93.4 cm³/mol. The standard InChI is InChI=1S/C18H20N4O4/c1-13-4-6-14(7-5-13)16(23)19-20-18(25)22-10-8-21(9-11-22)17(24)15-3-2-12-26-15/h2-7,12H,8-11H2,1H3,(H,19,23)(H,20,25). The topological polar surface area (TPSA) is 94.9 Å². The van der Waals surface area contributed by atoms with Crippen LogP contribution < -0.4 is 10.9 Å². The molecule has 1 aliphatic heterocycles. The number of aryl methyl sites for hydroxylation is 1. The molecule has 2 N–H and O–H groups in total. The number of benzene rings is 1. The van der Waals surface area contributed by atoms with Crippen molar-refractivity contribution in [2.24, 2.45) is 0 Å². The highest BCUT2D eigenvalue weighted by Gasteiger charge is 2.26. The third kappa shape index (κ3) is 4.02. The third-order valence-electron chi connectivity index (χ3n) is 4.18. The summed E-state index contributed by atoms with van der Waals surface area (Å²) in [6.07, 6.45) is 1.45. The molecule has 0 atom stereocenters. The zero-order chi connectivity index (χ0) is 18.5. The normalized spacial score (nSPS) is 14.0. The summed E-state index contributed by atoms with van der Waals surface area (Å²) in [6.45, 7) is 3.48. The molecular weight excluding hydrogens is 336 g/mol. The maximum atomic E-state index is 12.2. The fourth-order valence-corrected chi connectivity index (χ4v) is 2.64. The molecule has 8 heteroatoms. The Morgan fingerprint density at radius 3 is 2.19 bits per heavy atom. The van der Waals surface area contributed by atoms with Crippen molar-refractivity contribution in [2.45, 2.75) is 6.92 Å². The molecular formula is C18H20N4O4. The maximum absolute atomic E-state index is 12.2. The summed E-state index contributed by atoms with van der Waals surface area (Å²) < 4.78 is 5.11. The molecule has 0 spiro atoms. The van der Waals surface area contributed by atoms with E-state index in [4.69, 9.17) is 4.42 Å². The molecule has 8 nitrogen and oxygen atoms in total. The van der Waals surface area contributed by atoms with Gasteiger partial charge < -0.3 is 14.2 Å². The fraction of sp³-hybridized carbons (Fsp3) is 0.278. The Labute approximate surface area is 150 Å². The van der Waals surface area contributed by atoms with E-state index in [1.165, 1.54) is 6.26 Å². The van der Waals surface area contributed by atoms with Crippen molar-refractivity contribution in [1.29, 1.82) is 0 Å². The van der Waals surface area contributed by atoms with Crippen molar-refractivity contribution in [1.82, 2.24) is 20.7 Å². The van der Waals surface area contributed by atoms with Crippen LogP contribution in [-0.4, -0.2) is 53.8 Å². The van der Waals surface area contributed by atoms with Gasteiger partial charge in [0.2, 0.25) is 0 Å². The molecule has 0 saturated carbocycles. The number of rotatable bonds is 2. The van der Waals surface area contributed by atoms with Crippen LogP contribution in [0.25, 0.3) is 0 Å². The molecule has 1 aliphatic rings. The van der Waals surface area contributed by atoms with Crippen molar-refractivity contribution in [3.63, 3.8) is 0 Å². The summed E-state index contributed by atoms with van der Waals surface area (Å²) in [5.74, 6) is -0.291. The minimum atomic E-state index is -0.407. The van der Waals surface area contributed by atoms with Gasteiger partial charge in [-0.2, -0.15) is 0 Å².